The van der Waals surface area contributed by atoms with E-state index in [-0.39, 0.29) is 23.3 Å². The highest BCUT2D eigenvalue weighted by Crippen LogP contribution is 2.20. The molecule has 27 heavy (non-hydrogen) atoms. The average molecular weight is 388 g/mol. The number of nitrogens with two attached hydrogens (primary N) is 2. The normalized spacial score (nSPS) is 16.2. The van der Waals surface area contributed by atoms with Crippen LogP contribution in [0.3, 0.4) is 0 Å². The van der Waals surface area contributed by atoms with Crippen molar-refractivity contribution in [1.82, 2.24) is 4.90 Å². The molecule has 0 spiro atoms. The van der Waals surface area contributed by atoms with Crippen LogP contribution in [0.4, 0.5) is 5.69 Å². The smallest absolute Gasteiger partial charge is 0.238 e. The summed E-state index contributed by atoms with van der Waals surface area (Å²) in [4.78, 5) is 16.6. The number of benzene rings is 2. The lowest BCUT2D eigenvalue weighted by molar-refractivity contribution is -0.131. The van der Waals surface area contributed by atoms with Crippen LogP contribution < -0.4 is 15.8 Å². The number of primary sulfonamides is 1. The molecule has 4 N–H and O–H groups in total. The minimum absolute atomic E-state index is 0.0515. The van der Waals surface area contributed by atoms with E-state index >= 15 is 0 Å². The van der Waals surface area contributed by atoms with E-state index in [0.29, 0.717) is 26.2 Å². The fraction of sp³-hybridized carbons (Fsp3) is 0.316. The monoisotopic (exact) mass is 388 g/mol. The van der Waals surface area contributed by atoms with Crippen molar-refractivity contribution >= 4 is 21.6 Å². The van der Waals surface area contributed by atoms with Crippen LogP contribution >= 0.6 is 0 Å². The minimum atomic E-state index is -3.69. The van der Waals surface area contributed by atoms with E-state index in [0.717, 1.165) is 11.3 Å². The Hall–Kier alpha value is -2.42. The van der Waals surface area contributed by atoms with Crippen LogP contribution in [-0.4, -0.2) is 45.4 Å². The summed E-state index contributed by atoms with van der Waals surface area (Å²) in [5.41, 5.74) is 8.02. The van der Waals surface area contributed by atoms with Gasteiger partial charge in [0.15, 0.2) is 0 Å². The molecule has 1 amide bonds. The van der Waals surface area contributed by atoms with Gasteiger partial charge in [0.1, 0.15) is 0 Å². The molecule has 1 fully saturated rings. The van der Waals surface area contributed by atoms with Gasteiger partial charge in [-0.2, -0.15) is 0 Å². The Morgan fingerprint density at radius 1 is 0.963 bits per heavy atom. The highest BCUT2D eigenvalue weighted by atomic mass is 32.2. The zero-order chi connectivity index (χ0) is 19.4. The lowest BCUT2D eigenvalue weighted by Crippen LogP contribution is -2.49. The second-order valence-corrected chi connectivity index (χ2v) is 8.19. The van der Waals surface area contributed by atoms with E-state index in [1.165, 1.54) is 12.1 Å². The van der Waals surface area contributed by atoms with Gasteiger partial charge in [-0.05, 0) is 29.8 Å². The molecule has 0 aromatic heterocycles. The lowest BCUT2D eigenvalue weighted by Gasteiger charge is -2.36. The standard InChI is InChI=1S/C19H24N4O3S/c20-18(15-4-2-1-3-5-15)14-19(24)23-12-10-22(11-13-23)16-6-8-17(9-7-16)27(21,25)26/h1-9,18H,10-14,20H2,(H2,21,25,26). The van der Waals surface area contributed by atoms with Gasteiger partial charge in [0.25, 0.3) is 0 Å². The number of piperazine rings is 1. The SMILES string of the molecule is NC(CC(=O)N1CCN(c2ccc(S(N)(=O)=O)cc2)CC1)c1ccccc1. The molecule has 7 nitrogen and oxygen atoms in total. The number of nitrogens with zero attached hydrogens (tertiary/aromatic N) is 2. The zero-order valence-corrected chi connectivity index (χ0v) is 15.8. The Morgan fingerprint density at radius 2 is 1.56 bits per heavy atom. The van der Waals surface area contributed by atoms with Gasteiger partial charge < -0.3 is 15.5 Å². The first-order valence-electron chi connectivity index (χ1n) is 8.81. The van der Waals surface area contributed by atoms with Gasteiger partial charge in [-0.1, -0.05) is 30.3 Å². The first-order chi connectivity index (χ1) is 12.8. The topological polar surface area (TPSA) is 110 Å². The van der Waals surface area contributed by atoms with E-state index in [1.807, 2.05) is 35.2 Å². The summed E-state index contributed by atoms with van der Waals surface area (Å²) < 4.78 is 22.7. The fourth-order valence-electron chi connectivity index (χ4n) is 3.20. The molecule has 0 aliphatic carbocycles. The number of sulfonamides is 1. The third-order valence-corrected chi connectivity index (χ3v) is 5.71. The quantitative estimate of drug-likeness (QED) is 0.796. The molecule has 144 valence electrons. The molecule has 1 aliphatic rings. The van der Waals surface area contributed by atoms with Crippen LogP contribution in [0.2, 0.25) is 0 Å². The molecule has 1 unspecified atom stereocenters. The van der Waals surface area contributed by atoms with Crippen LogP contribution in [0.15, 0.2) is 59.5 Å². The van der Waals surface area contributed by atoms with Crippen LogP contribution in [0, 0.1) is 0 Å². The van der Waals surface area contributed by atoms with Gasteiger partial charge in [0, 0.05) is 44.3 Å². The molecule has 3 rings (SSSR count). The Balaban J connectivity index is 1.54. The summed E-state index contributed by atoms with van der Waals surface area (Å²) >= 11 is 0. The van der Waals surface area contributed by atoms with Crippen molar-refractivity contribution in [2.45, 2.75) is 17.4 Å². The van der Waals surface area contributed by atoms with Gasteiger partial charge >= 0.3 is 0 Å². The molecule has 0 radical (unpaired) electrons. The number of carbonyl (C=O) groups excluding carboxylic acids is 1. The summed E-state index contributed by atoms with van der Waals surface area (Å²) in [7, 11) is -3.69. The Kier molecular flexibility index (Phi) is 5.79. The number of anilines is 1. The van der Waals surface area contributed by atoms with Crippen molar-refractivity contribution in [1.29, 1.82) is 0 Å². The first-order valence-corrected chi connectivity index (χ1v) is 10.4. The predicted octanol–water partition coefficient (Wildman–Crippen LogP) is 1.07. The zero-order valence-electron chi connectivity index (χ0n) is 15.0. The maximum absolute atomic E-state index is 12.5. The van der Waals surface area contributed by atoms with Gasteiger partial charge in [0.05, 0.1) is 4.90 Å². The molecule has 1 aliphatic heterocycles. The maximum Gasteiger partial charge on any atom is 0.238 e. The third-order valence-electron chi connectivity index (χ3n) is 4.79. The molecule has 0 bridgehead atoms. The lowest BCUT2D eigenvalue weighted by atomic mass is 10.0. The van der Waals surface area contributed by atoms with Crippen molar-refractivity contribution in [3.8, 4) is 0 Å². The molecule has 2 aromatic carbocycles. The fourth-order valence-corrected chi connectivity index (χ4v) is 3.71. The molecule has 1 saturated heterocycles. The molecular weight excluding hydrogens is 364 g/mol. The maximum atomic E-state index is 12.5. The summed E-state index contributed by atoms with van der Waals surface area (Å²) in [5, 5.41) is 5.12. The Bertz CT molecular complexity index is 877. The van der Waals surface area contributed by atoms with Crippen molar-refractivity contribution in [2.75, 3.05) is 31.1 Å². The predicted molar refractivity (Wildman–Crippen MR) is 105 cm³/mol. The largest absolute Gasteiger partial charge is 0.368 e. The molecule has 1 heterocycles. The second kappa shape index (κ2) is 8.08. The molecule has 2 aromatic rings. The average Bonchev–Trinajstić information content (AvgIpc) is 2.68. The first kappa shape index (κ1) is 19.3. The van der Waals surface area contributed by atoms with Gasteiger partial charge in [-0.3, -0.25) is 4.79 Å². The van der Waals surface area contributed by atoms with Crippen molar-refractivity contribution in [3.63, 3.8) is 0 Å². The highest BCUT2D eigenvalue weighted by Gasteiger charge is 2.23. The van der Waals surface area contributed by atoms with E-state index in [4.69, 9.17) is 10.9 Å². The molecular formula is C19H24N4O3S. The van der Waals surface area contributed by atoms with Crippen LogP contribution in [0.25, 0.3) is 0 Å². The summed E-state index contributed by atoms with van der Waals surface area (Å²) in [6.45, 7) is 2.58. The minimum Gasteiger partial charge on any atom is -0.368 e. The van der Waals surface area contributed by atoms with Crippen LogP contribution in [0.5, 0.6) is 0 Å². The Labute approximate surface area is 159 Å². The second-order valence-electron chi connectivity index (χ2n) is 6.63. The summed E-state index contributed by atoms with van der Waals surface area (Å²) in [6, 6.07) is 15.8. The van der Waals surface area contributed by atoms with Crippen molar-refractivity contribution < 1.29 is 13.2 Å². The number of hydrogen-bond donors (Lipinski definition) is 2. The third kappa shape index (κ3) is 4.85. The number of rotatable bonds is 5. The van der Waals surface area contributed by atoms with E-state index < -0.39 is 10.0 Å². The van der Waals surface area contributed by atoms with Gasteiger partial charge in [-0.25, -0.2) is 13.6 Å². The molecule has 8 heteroatoms. The van der Waals surface area contributed by atoms with Gasteiger partial charge in [0.2, 0.25) is 15.9 Å². The number of hydrogen-bond acceptors (Lipinski definition) is 5. The number of amides is 1. The summed E-state index contributed by atoms with van der Waals surface area (Å²) in [5.74, 6) is 0.0515. The summed E-state index contributed by atoms with van der Waals surface area (Å²) in [6.07, 6.45) is 0.285. The van der Waals surface area contributed by atoms with E-state index in [1.54, 1.807) is 12.1 Å². The van der Waals surface area contributed by atoms with Crippen LogP contribution in [0.1, 0.15) is 18.0 Å². The highest BCUT2D eigenvalue weighted by molar-refractivity contribution is 7.89. The molecule has 0 saturated carbocycles. The van der Waals surface area contributed by atoms with E-state index in [2.05, 4.69) is 4.90 Å². The van der Waals surface area contributed by atoms with Crippen LogP contribution in [-0.2, 0) is 14.8 Å². The van der Waals surface area contributed by atoms with Crippen molar-refractivity contribution in [3.05, 3.63) is 60.2 Å². The Morgan fingerprint density at radius 3 is 2.11 bits per heavy atom. The van der Waals surface area contributed by atoms with E-state index in [9.17, 15) is 13.2 Å². The van der Waals surface area contributed by atoms with Gasteiger partial charge in [-0.15, -0.1) is 0 Å². The number of carbonyl (C=O) groups is 1. The van der Waals surface area contributed by atoms with Crippen molar-refractivity contribution in [2.24, 2.45) is 10.9 Å². The molecule has 1 atom stereocenters.